The molecule has 1 N–H and O–H groups in total. The molecule has 0 aliphatic heterocycles. The molecule has 0 radical (unpaired) electrons. The van der Waals surface area contributed by atoms with Gasteiger partial charge in [-0.15, -0.1) is 11.3 Å². The topological polar surface area (TPSA) is 55.6 Å². The van der Waals surface area contributed by atoms with Crippen LogP contribution >= 0.6 is 11.3 Å². The van der Waals surface area contributed by atoms with Gasteiger partial charge in [-0.25, -0.2) is 14.4 Å². The van der Waals surface area contributed by atoms with Crippen molar-refractivity contribution in [1.82, 2.24) is 19.7 Å². The molecule has 3 aromatic heterocycles. The van der Waals surface area contributed by atoms with Gasteiger partial charge >= 0.3 is 0 Å². The second-order valence-corrected chi connectivity index (χ2v) is 8.87. The molecule has 0 aliphatic rings. The van der Waals surface area contributed by atoms with Gasteiger partial charge in [-0.2, -0.15) is 5.10 Å². The second kappa shape index (κ2) is 7.42. The Bertz CT molecular complexity index is 1620. The van der Waals surface area contributed by atoms with Crippen molar-refractivity contribution < 1.29 is 4.39 Å². The van der Waals surface area contributed by atoms with Crippen molar-refractivity contribution in [2.24, 2.45) is 0 Å². The van der Waals surface area contributed by atoms with E-state index in [1.807, 2.05) is 29.1 Å². The fourth-order valence-corrected chi connectivity index (χ4v) is 5.19. The van der Waals surface area contributed by atoms with Crippen molar-refractivity contribution in [3.8, 4) is 0 Å². The minimum Gasteiger partial charge on any atom is -0.340 e. The zero-order valence-corrected chi connectivity index (χ0v) is 18.0. The first-order valence-electron chi connectivity index (χ1n) is 10.2. The van der Waals surface area contributed by atoms with Crippen LogP contribution in [-0.2, 0) is 6.54 Å². The monoisotopic (exact) mass is 437 g/mol. The van der Waals surface area contributed by atoms with E-state index in [1.165, 1.54) is 22.3 Å². The van der Waals surface area contributed by atoms with Crippen LogP contribution in [0, 0.1) is 5.82 Å². The third-order valence-corrected chi connectivity index (χ3v) is 6.61. The largest absolute Gasteiger partial charge is 0.340 e. The summed E-state index contributed by atoms with van der Waals surface area (Å²) in [6.45, 7) is 0.515. The van der Waals surface area contributed by atoms with Crippen LogP contribution in [0.3, 0.4) is 0 Å². The Morgan fingerprint density at radius 3 is 2.88 bits per heavy atom. The zero-order chi connectivity index (χ0) is 21.7. The minimum atomic E-state index is -0.238. The predicted molar refractivity (Wildman–Crippen MR) is 132 cm³/mol. The summed E-state index contributed by atoms with van der Waals surface area (Å²) in [5.74, 6) is 0.550. The van der Waals surface area contributed by atoms with Crippen LogP contribution in [0.1, 0.15) is 5.56 Å². The fourth-order valence-electron chi connectivity index (χ4n) is 4.04. The summed E-state index contributed by atoms with van der Waals surface area (Å²) in [4.78, 5) is 9.97. The van der Waals surface area contributed by atoms with Crippen molar-refractivity contribution >= 4 is 67.4 Å². The van der Waals surface area contributed by atoms with Gasteiger partial charge in [0.2, 0.25) is 0 Å². The Labute approximate surface area is 188 Å². The van der Waals surface area contributed by atoms with Crippen LogP contribution in [-0.4, -0.2) is 27.6 Å². The van der Waals surface area contributed by atoms with E-state index in [4.69, 9.17) is 0 Å². The number of anilines is 2. The fraction of sp³-hybridized carbons (Fsp3) is 0.0417. The van der Waals surface area contributed by atoms with E-state index in [1.54, 1.807) is 23.7 Å². The summed E-state index contributed by atoms with van der Waals surface area (Å²) in [5.41, 5.74) is 4.02. The number of hydrogen-bond acceptors (Lipinski definition) is 5. The SMILES string of the molecule is Bc1ccc2c(c1)sc1ncnc(Nc3ccc4c(cnn4Cc4cccc(F)c4)c3)c12. The molecule has 32 heavy (non-hydrogen) atoms. The van der Waals surface area contributed by atoms with Gasteiger partial charge in [0, 0.05) is 21.2 Å². The first-order chi connectivity index (χ1) is 15.6. The number of rotatable bonds is 4. The third-order valence-electron chi connectivity index (χ3n) is 5.55. The summed E-state index contributed by atoms with van der Waals surface area (Å²) in [5, 5.41) is 11.2. The van der Waals surface area contributed by atoms with Crippen molar-refractivity contribution in [2.75, 3.05) is 5.32 Å². The molecule has 8 heteroatoms. The lowest BCUT2D eigenvalue weighted by molar-refractivity contribution is 0.621. The van der Waals surface area contributed by atoms with Gasteiger partial charge in [-0.3, -0.25) is 4.68 Å². The Kier molecular flexibility index (Phi) is 4.40. The quantitative estimate of drug-likeness (QED) is 0.416. The van der Waals surface area contributed by atoms with E-state index in [9.17, 15) is 4.39 Å². The number of nitrogens with one attached hydrogen (secondary N) is 1. The molecule has 0 saturated heterocycles. The van der Waals surface area contributed by atoms with Crippen LogP contribution in [0.15, 0.2) is 73.2 Å². The molecule has 0 fully saturated rings. The summed E-state index contributed by atoms with van der Waals surface area (Å²) >= 11 is 1.68. The maximum absolute atomic E-state index is 13.5. The van der Waals surface area contributed by atoms with Gasteiger partial charge < -0.3 is 5.32 Å². The molecule has 3 heterocycles. The van der Waals surface area contributed by atoms with Crippen molar-refractivity contribution in [3.63, 3.8) is 0 Å². The van der Waals surface area contributed by atoms with Crippen LogP contribution < -0.4 is 10.8 Å². The van der Waals surface area contributed by atoms with E-state index in [2.05, 4.69) is 52.5 Å². The number of aromatic nitrogens is 4. The molecule has 6 rings (SSSR count). The summed E-state index contributed by atoms with van der Waals surface area (Å²) in [6, 6.07) is 19.1. The van der Waals surface area contributed by atoms with Crippen LogP contribution in [0.2, 0.25) is 0 Å². The molecule has 0 saturated carbocycles. The van der Waals surface area contributed by atoms with Crippen molar-refractivity contribution in [1.29, 1.82) is 0 Å². The number of hydrogen-bond donors (Lipinski definition) is 1. The van der Waals surface area contributed by atoms with Gasteiger partial charge in [-0.05, 0) is 35.9 Å². The van der Waals surface area contributed by atoms with Crippen LogP contribution in [0.25, 0.3) is 31.2 Å². The molecular weight excluding hydrogens is 420 g/mol. The van der Waals surface area contributed by atoms with E-state index in [-0.39, 0.29) is 5.82 Å². The highest BCUT2D eigenvalue weighted by molar-refractivity contribution is 7.25. The summed E-state index contributed by atoms with van der Waals surface area (Å²) in [7, 11) is 2.10. The smallest absolute Gasteiger partial charge is 0.143 e. The Hall–Kier alpha value is -3.78. The molecule has 0 atom stereocenters. The molecule has 0 amide bonds. The molecule has 154 valence electrons. The Morgan fingerprint density at radius 2 is 1.97 bits per heavy atom. The van der Waals surface area contributed by atoms with E-state index in [0.29, 0.717) is 6.54 Å². The molecule has 0 aliphatic carbocycles. The average Bonchev–Trinajstić information content (AvgIpc) is 3.34. The highest BCUT2D eigenvalue weighted by Crippen LogP contribution is 2.36. The van der Waals surface area contributed by atoms with E-state index >= 15 is 0 Å². The highest BCUT2D eigenvalue weighted by Gasteiger charge is 2.13. The number of thiophene rings is 1. The van der Waals surface area contributed by atoms with Gasteiger partial charge in [0.25, 0.3) is 0 Å². The van der Waals surface area contributed by atoms with Gasteiger partial charge in [0.05, 0.1) is 23.6 Å². The molecule has 5 nitrogen and oxygen atoms in total. The van der Waals surface area contributed by atoms with Gasteiger partial charge in [-0.1, -0.05) is 35.8 Å². The molecule has 0 bridgehead atoms. The second-order valence-electron chi connectivity index (χ2n) is 7.83. The molecule has 6 aromatic rings. The average molecular weight is 437 g/mol. The lowest BCUT2D eigenvalue weighted by atomic mass is 9.95. The number of nitrogens with zero attached hydrogens (tertiary/aromatic N) is 4. The molecular formula is C24H17BFN5S. The summed E-state index contributed by atoms with van der Waals surface area (Å²) < 4.78 is 16.6. The Balaban J connectivity index is 1.36. The normalized spacial score (nSPS) is 11.5. The van der Waals surface area contributed by atoms with Crippen molar-refractivity contribution in [3.05, 3.63) is 84.6 Å². The van der Waals surface area contributed by atoms with Gasteiger partial charge in [0.1, 0.15) is 30.6 Å². The highest BCUT2D eigenvalue weighted by atomic mass is 32.1. The lowest BCUT2D eigenvalue weighted by Crippen LogP contribution is -2.01. The standard InChI is InChI=1S/C24H17BFN5S/c25-16-4-6-19-21(10-16)32-24-22(19)23(27-13-28-24)30-18-5-7-20-15(9-18)11-29-31(20)12-14-2-1-3-17(26)8-14/h1-11,13H,12,25H2,(H,27,28,30). The zero-order valence-electron chi connectivity index (χ0n) is 17.2. The first-order valence-corrected chi connectivity index (χ1v) is 11.1. The summed E-state index contributed by atoms with van der Waals surface area (Å²) in [6.07, 6.45) is 3.43. The third kappa shape index (κ3) is 3.29. The van der Waals surface area contributed by atoms with Crippen molar-refractivity contribution in [2.45, 2.75) is 6.54 Å². The lowest BCUT2D eigenvalue weighted by Gasteiger charge is -2.08. The van der Waals surface area contributed by atoms with E-state index in [0.717, 1.165) is 43.6 Å². The molecule has 0 unspecified atom stereocenters. The van der Waals surface area contributed by atoms with Gasteiger partial charge in [0.15, 0.2) is 0 Å². The van der Waals surface area contributed by atoms with Crippen LogP contribution in [0.4, 0.5) is 15.9 Å². The molecule has 0 spiro atoms. The number of halogens is 1. The van der Waals surface area contributed by atoms with E-state index < -0.39 is 0 Å². The number of fused-ring (bicyclic) bond motifs is 4. The Morgan fingerprint density at radius 1 is 1.03 bits per heavy atom. The molecule has 3 aromatic carbocycles. The maximum atomic E-state index is 13.5. The first kappa shape index (κ1) is 19.0. The maximum Gasteiger partial charge on any atom is 0.143 e. The number of benzene rings is 3. The predicted octanol–water partition coefficient (Wildman–Crippen LogP) is 4.38. The van der Waals surface area contributed by atoms with Crippen LogP contribution in [0.5, 0.6) is 0 Å². The minimum absolute atomic E-state index is 0.238.